The van der Waals surface area contributed by atoms with Crippen LogP contribution in [0.4, 0.5) is 25.5 Å². The molecule has 5 rings (SSSR count). The van der Waals surface area contributed by atoms with Crippen molar-refractivity contribution in [2.45, 2.75) is 65.2 Å². The number of anilines is 2. The first kappa shape index (κ1) is 28.5. The number of hydrogen-bond donors (Lipinski definition) is 1. The van der Waals surface area contributed by atoms with Gasteiger partial charge in [0.2, 0.25) is 5.88 Å². The molecule has 41 heavy (non-hydrogen) atoms. The molecule has 1 aliphatic carbocycles. The highest BCUT2D eigenvalue weighted by Crippen LogP contribution is 2.41. The van der Waals surface area contributed by atoms with Crippen molar-refractivity contribution in [2.24, 2.45) is 0 Å². The first-order valence-electron chi connectivity index (χ1n) is 13.7. The smallest absolute Gasteiger partial charge is 0.415 e. The number of nitrogens with one attached hydrogen (secondary N) is 1. The Bertz CT molecular complexity index is 1510. The van der Waals surface area contributed by atoms with Gasteiger partial charge in [0.15, 0.2) is 0 Å². The fourth-order valence-corrected chi connectivity index (χ4v) is 5.16. The monoisotopic (exact) mass is 565 g/mol. The molecule has 0 spiro atoms. The Hall–Kier alpha value is -3.99. The molecule has 2 aliphatic rings. The molecule has 1 aromatic carbocycles. The summed E-state index contributed by atoms with van der Waals surface area (Å²) in [6.07, 6.45) is 3.44. The number of halogens is 1. The molecule has 10 nitrogen and oxygen atoms in total. The minimum Gasteiger partial charge on any atom is -0.474 e. The van der Waals surface area contributed by atoms with Crippen molar-refractivity contribution in [1.29, 1.82) is 0 Å². The van der Waals surface area contributed by atoms with Crippen LogP contribution in [-0.4, -0.2) is 72.0 Å². The van der Waals surface area contributed by atoms with Gasteiger partial charge in [0, 0.05) is 47.8 Å². The predicted molar refractivity (Wildman–Crippen MR) is 154 cm³/mol. The predicted octanol–water partition coefficient (Wildman–Crippen LogP) is 5.83. The van der Waals surface area contributed by atoms with Crippen LogP contribution in [0, 0.1) is 19.7 Å². The fraction of sp³-hybridized carbons (Fsp3) is 0.467. The highest BCUT2D eigenvalue weighted by atomic mass is 19.1. The molecule has 11 heteroatoms. The molecular weight excluding hydrogens is 529 g/mol. The Kier molecular flexibility index (Phi) is 7.50. The molecule has 3 heterocycles. The third-order valence-electron chi connectivity index (χ3n) is 7.51. The number of amides is 2. The van der Waals surface area contributed by atoms with E-state index in [1.54, 1.807) is 52.9 Å². The van der Waals surface area contributed by atoms with Gasteiger partial charge >= 0.3 is 12.2 Å². The topological polar surface area (TPSA) is 106 Å². The zero-order valence-electron chi connectivity index (χ0n) is 24.5. The number of pyridine rings is 2. The molecule has 0 unspecified atom stereocenters. The van der Waals surface area contributed by atoms with Crippen LogP contribution in [0.15, 0.2) is 24.5 Å². The van der Waals surface area contributed by atoms with Crippen LogP contribution in [0.3, 0.4) is 0 Å². The van der Waals surface area contributed by atoms with Gasteiger partial charge in [0.05, 0.1) is 6.54 Å². The number of hydrogen-bond acceptors (Lipinski definition) is 8. The lowest BCUT2D eigenvalue weighted by Crippen LogP contribution is -2.45. The summed E-state index contributed by atoms with van der Waals surface area (Å²) >= 11 is 0. The molecule has 2 aromatic heterocycles. The maximum absolute atomic E-state index is 15.8. The highest BCUT2D eigenvalue weighted by molar-refractivity contribution is 5.96. The second-order valence-electron chi connectivity index (χ2n) is 11.8. The van der Waals surface area contributed by atoms with E-state index in [4.69, 9.17) is 14.2 Å². The highest BCUT2D eigenvalue weighted by Gasteiger charge is 2.34. The zero-order valence-corrected chi connectivity index (χ0v) is 24.5. The molecule has 218 valence electrons. The van der Waals surface area contributed by atoms with Crippen molar-refractivity contribution < 1.29 is 28.2 Å². The summed E-state index contributed by atoms with van der Waals surface area (Å²) < 4.78 is 32.6. The van der Waals surface area contributed by atoms with Crippen LogP contribution in [0.1, 0.15) is 44.7 Å². The Morgan fingerprint density at radius 2 is 1.83 bits per heavy atom. The summed E-state index contributed by atoms with van der Waals surface area (Å²) in [5.74, 6) is 0.164. The van der Waals surface area contributed by atoms with E-state index in [2.05, 4.69) is 20.2 Å². The lowest BCUT2D eigenvalue weighted by atomic mass is 9.88. The first-order chi connectivity index (χ1) is 19.3. The van der Waals surface area contributed by atoms with E-state index >= 15 is 4.39 Å². The number of carbonyl (C=O) groups excluding carboxylic acids is 2. The average molecular weight is 566 g/mol. The summed E-state index contributed by atoms with van der Waals surface area (Å²) in [6, 6.07) is 3.79. The van der Waals surface area contributed by atoms with Crippen molar-refractivity contribution >= 4 is 34.5 Å². The van der Waals surface area contributed by atoms with Crippen LogP contribution in [0.2, 0.25) is 0 Å². The van der Waals surface area contributed by atoms with E-state index in [1.165, 1.54) is 11.1 Å². The van der Waals surface area contributed by atoms with Crippen molar-refractivity contribution in [1.82, 2.24) is 14.9 Å². The van der Waals surface area contributed by atoms with Gasteiger partial charge in [-0.2, -0.15) is 0 Å². The Balaban J connectivity index is 1.45. The Labute approximate surface area is 238 Å². The van der Waals surface area contributed by atoms with E-state index < -0.39 is 23.6 Å². The number of fused-ring (bicyclic) bond motifs is 2. The summed E-state index contributed by atoms with van der Waals surface area (Å²) in [4.78, 5) is 37.8. The number of ether oxygens (including phenoxy) is 3. The molecule has 1 N–H and O–H groups in total. The van der Waals surface area contributed by atoms with E-state index in [-0.39, 0.29) is 19.3 Å². The quantitative estimate of drug-likeness (QED) is 0.421. The van der Waals surface area contributed by atoms with Crippen molar-refractivity contribution in [3.8, 4) is 17.0 Å². The minimum atomic E-state index is -0.686. The maximum atomic E-state index is 15.8. The van der Waals surface area contributed by atoms with Crippen molar-refractivity contribution in [3.63, 3.8) is 0 Å². The maximum Gasteiger partial charge on any atom is 0.415 e. The van der Waals surface area contributed by atoms with Crippen LogP contribution in [0.5, 0.6) is 5.88 Å². The van der Waals surface area contributed by atoms with Gasteiger partial charge in [-0.15, -0.1) is 0 Å². The molecule has 1 aliphatic heterocycles. The van der Waals surface area contributed by atoms with E-state index in [9.17, 15) is 9.59 Å². The van der Waals surface area contributed by atoms with Crippen molar-refractivity contribution in [3.05, 3.63) is 41.5 Å². The molecule has 1 fully saturated rings. The molecule has 0 radical (unpaired) electrons. The number of aryl methyl sites for hydroxylation is 1. The lowest BCUT2D eigenvalue weighted by molar-refractivity contribution is 0.00915. The molecule has 0 atom stereocenters. The third kappa shape index (κ3) is 5.76. The number of benzene rings is 1. The normalized spacial score (nSPS) is 18.4. The van der Waals surface area contributed by atoms with Gasteiger partial charge in [-0.05, 0) is 77.4 Å². The summed E-state index contributed by atoms with van der Waals surface area (Å²) in [6.45, 7) is 9.42. The van der Waals surface area contributed by atoms with Gasteiger partial charge in [0.25, 0.3) is 0 Å². The lowest BCUT2D eigenvalue weighted by Gasteiger charge is -2.38. The molecule has 0 bridgehead atoms. The largest absolute Gasteiger partial charge is 0.474 e. The fourth-order valence-electron chi connectivity index (χ4n) is 5.16. The summed E-state index contributed by atoms with van der Waals surface area (Å²) in [5.41, 5.74) is 1.62. The SMILES string of the molecule is Cc1c(-c2cc3cc(NC(=O)OC4CC(N(C)C)C4)ncc3c(C)c2F)cnc2c1N(C(=O)OC(C)(C)C)CCO2. The molecule has 2 amide bonds. The second-order valence-corrected chi connectivity index (χ2v) is 11.8. The van der Waals surface area contributed by atoms with Gasteiger partial charge in [0.1, 0.15) is 35.6 Å². The minimum absolute atomic E-state index is 0.130. The third-order valence-corrected chi connectivity index (χ3v) is 7.51. The van der Waals surface area contributed by atoms with Gasteiger partial charge in [-0.3, -0.25) is 10.2 Å². The number of aromatic nitrogens is 2. The summed E-state index contributed by atoms with van der Waals surface area (Å²) in [7, 11) is 4.01. The van der Waals surface area contributed by atoms with E-state index in [0.29, 0.717) is 56.5 Å². The number of carbonyl (C=O) groups is 2. The van der Waals surface area contributed by atoms with Crippen LogP contribution >= 0.6 is 0 Å². The summed E-state index contributed by atoms with van der Waals surface area (Å²) in [5, 5.41) is 3.98. The second kappa shape index (κ2) is 10.8. The van der Waals surface area contributed by atoms with Gasteiger partial charge < -0.3 is 19.1 Å². The molecule has 0 saturated heterocycles. The number of nitrogens with zero attached hydrogens (tertiary/aromatic N) is 4. The zero-order chi connectivity index (χ0) is 29.6. The number of rotatable bonds is 4. The molecule has 1 saturated carbocycles. The molecule has 3 aromatic rings. The average Bonchev–Trinajstić information content (AvgIpc) is 2.87. The molecular formula is C30H36FN5O5. The van der Waals surface area contributed by atoms with E-state index in [0.717, 1.165) is 12.8 Å². The van der Waals surface area contributed by atoms with Crippen LogP contribution < -0.4 is 15.0 Å². The first-order valence-corrected chi connectivity index (χ1v) is 13.7. The van der Waals surface area contributed by atoms with E-state index in [1.807, 2.05) is 14.1 Å². The van der Waals surface area contributed by atoms with Crippen LogP contribution in [-0.2, 0) is 9.47 Å². The standard InChI is InChI=1S/C30H36FN5O5/c1-16-22-14-32-24(34-28(37)40-20-12-19(13-20)35(6)7)11-18(22)10-21(25(16)31)23-15-33-27-26(17(23)2)36(8-9-39-27)29(38)41-30(3,4)5/h10-11,14-15,19-20H,8-9,12-13H2,1-7H3,(H,32,34,37). The Morgan fingerprint density at radius 3 is 2.51 bits per heavy atom. The van der Waals surface area contributed by atoms with Crippen molar-refractivity contribution in [2.75, 3.05) is 37.5 Å². The van der Waals surface area contributed by atoms with Gasteiger partial charge in [-0.25, -0.2) is 23.9 Å². The Morgan fingerprint density at radius 1 is 1.10 bits per heavy atom. The van der Waals surface area contributed by atoms with Gasteiger partial charge in [-0.1, -0.05) is 0 Å². The van der Waals surface area contributed by atoms with Crippen LogP contribution in [0.25, 0.3) is 21.9 Å².